The van der Waals surface area contributed by atoms with E-state index in [0.29, 0.717) is 11.6 Å². The largest absolute Gasteiger partial charge is 0.494 e. The number of halogens is 1. The molecule has 1 atom stereocenters. The number of rotatable bonds is 3. The number of hydrogen-bond donors (Lipinski definition) is 2. The number of methoxy groups -OCH3 is 1. The minimum absolute atomic E-state index is 0.210. The molecular formula is C14H21FN2O2. The normalized spacial score (nSPS) is 18.4. The molecule has 1 aliphatic rings. The molecule has 1 saturated heterocycles. The first-order valence-corrected chi connectivity index (χ1v) is 6.59. The molecule has 1 aliphatic heterocycles. The molecule has 4 nitrogen and oxygen atoms in total. The van der Waals surface area contributed by atoms with Crippen molar-refractivity contribution in [3.63, 3.8) is 0 Å². The molecule has 1 aromatic rings. The summed E-state index contributed by atoms with van der Waals surface area (Å²) in [4.78, 5) is 2.12. The molecule has 1 heterocycles. The zero-order valence-electron chi connectivity index (χ0n) is 11.4. The first-order chi connectivity index (χ1) is 9.02. The van der Waals surface area contributed by atoms with Crippen LogP contribution >= 0.6 is 0 Å². The van der Waals surface area contributed by atoms with E-state index in [1.165, 1.54) is 13.2 Å². The molecule has 0 spiro atoms. The third-order valence-electron chi connectivity index (χ3n) is 3.86. The third-order valence-corrected chi connectivity index (χ3v) is 3.86. The molecule has 0 bridgehead atoms. The van der Waals surface area contributed by atoms with E-state index >= 15 is 0 Å². The van der Waals surface area contributed by atoms with Crippen LogP contribution in [0.1, 0.15) is 19.8 Å². The van der Waals surface area contributed by atoms with E-state index < -0.39 is 5.82 Å². The number of ether oxygens (including phenoxy) is 1. The Bertz CT molecular complexity index is 443. The highest BCUT2D eigenvalue weighted by Crippen LogP contribution is 2.33. The van der Waals surface area contributed by atoms with E-state index in [1.807, 2.05) is 6.92 Å². The Morgan fingerprint density at radius 1 is 1.42 bits per heavy atom. The number of piperidine rings is 1. The van der Waals surface area contributed by atoms with Crippen LogP contribution in [-0.2, 0) is 0 Å². The van der Waals surface area contributed by atoms with Gasteiger partial charge in [0.05, 0.1) is 24.6 Å². The lowest BCUT2D eigenvalue weighted by Crippen LogP contribution is -2.37. The summed E-state index contributed by atoms with van der Waals surface area (Å²) in [7, 11) is 1.44. The quantitative estimate of drug-likeness (QED) is 0.823. The first-order valence-electron chi connectivity index (χ1n) is 6.59. The zero-order valence-corrected chi connectivity index (χ0v) is 11.4. The van der Waals surface area contributed by atoms with Gasteiger partial charge in [0, 0.05) is 25.2 Å². The Morgan fingerprint density at radius 3 is 2.58 bits per heavy atom. The van der Waals surface area contributed by atoms with Gasteiger partial charge in [0.15, 0.2) is 11.6 Å². The molecule has 0 radical (unpaired) electrons. The summed E-state index contributed by atoms with van der Waals surface area (Å²) < 4.78 is 18.5. The van der Waals surface area contributed by atoms with Gasteiger partial charge in [-0.15, -0.1) is 0 Å². The van der Waals surface area contributed by atoms with Crippen molar-refractivity contribution in [1.29, 1.82) is 0 Å². The molecule has 0 saturated carbocycles. The van der Waals surface area contributed by atoms with E-state index in [4.69, 9.17) is 10.5 Å². The van der Waals surface area contributed by atoms with Crippen LogP contribution in [0.4, 0.5) is 15.8 Å². The van der Waals surface area contributed by atoms with Crippen molar-refractivity contribution in [3.8, 4) is 5.75 Å². The number of anilines is 2. The Hall–Kier alpha value is -1.49. The Labute approximate surface area is 113 Å². The minimum atomic E-state index is -0.442. The topological polar surface area (TPSA) is 58.7 Å². The van der Waals surface area contributed by atoms with E-state index in [1.54, 1.807) is 6.07 Å². The van der Waals surface area contributed by atoms with E-state index in [0.717, 1.165) is 31.6 Å². The van der Waals surface area contributed by atoms with E-state index in [-0.39, 0.29) is 11.9 Å². The summed E-state index contributed by atoms with van der Waals surface area (Å²) in [6, 6.07) is 2.95. The fraction of sp³-hybridized carbons (Fsp3) is 0.571. The van der Waals surface area contributed by atoms with Crippen molar-refractivity contribution >= 4 is 11.4 Å². The first kappa shape index (κ1) is 13.9. The van der Waals surface area contributed by atoms with Gasteiger partial charge in [0.1, 0.15) is 0 Å². The van der Waals surface area contributed by atoms with Gasteiger partial charge in [0.2, 0.25) is 0 Å². The maximum Gasteiger partial charge on any atom is 0.167 e. The van der Waals surface area contributed by atoms with Crippen LogP contribution in [0.25, 0.3) is 0 Å². The van der Waals surface area contributed by atoms with Crippen molar-refractivity contribution in [3.05, 3.63) is 17.9 Å². The van der Waals surface area contributed by atoms with E-state index in [9.17, 15) is 9.50 Å². The molecule has 1 fully saturated rings. The van der Waals surface area contributed by atoms with Gasteiger partial charge in [-0.2, -0.15) is 0 Å². The minimum Gasteiger partial charge on any atom is -0.494 e. The number of aliphatic hydroxyl groups excluding tert-OH is 1. The van der Waals surface area contributed by atoms with E-state index in [2.05, 4.69) is 4.90 Å². The predicted octanol–water partition coefficient (Wildman–Crippen LogP) is 2.01. The molecule has 0 aromatic heterocycles. The average molecular weight is 268 g/mol. The van der Waals surface area contributed by atoms with Crippen LogP contribution < -0.4 is 15.4 Å². The standard InChI is InChI=1S/C14H21FN2O2/c1-9(18)10-3-5-17(6-4-10)13-8-14(19-2)11(15)7-12(13)16/h7-10,18H,3-6,16H2,1-2H3. The Kier molecular flexibility index (Phi) is 4.14. The van der Waals surface area contributed by atoms with Crippen molar-refractivity contribution < 1.29 is 14.2 Å². The van der Waals surface area contributed by atoms with Gasteiger partial charge < -0.3 is 20.5 Å². The molecule has 0 amide bonds. The van der Waals surface area contributed by atoms with Gasteiger partial charge in [-0.25, -0.2) is 4.39 Å². The predicted molar refractivity (Wildman–Crippen MR) is 74.0 cm³/mol. The SMILES string of the molecule is COc1cc(N2CCC(C(C)O)CC2)c(N)cc1F. The fourth-order valence-corrected chi connectivity index (χ4v) is 2.61. The summed E-state index contributed by atoms with van der Waals surface area (Å²) >= 11 is 0. The molecule has 5 heteroatoms. The molecule has 1 aromatic carbocycles. The van der Waals surface area contributed by atoms with Crippen molar-refractivity contribution in [2.75, 3.05) is 30.8 Å². The number of benzene rings is 1. The van der Waals surface area contributed by atoms with Crippen molar-refractivity contribution in [1.82, 2.24) is 0 Å². The third kappa shape index (κ3) is 2.92. The number of nitrogen functional groups attached to an aromatic ring is 1. The number of nitrogens with zero attached hydrogens (tertiary/aromatic N) is 1. The summed E-state index contributed by atoms with van der Waals surface area (Å²) in [5, 5.41) is 9.59. The number of nitrogens with two attached hydrogens (primary N) is 1. The molecule has 19 heavy (non-hydrogen) atoms. The molecule has 1 unspecified atom stereocenters. The number of aliphatic hydroxyl groups is 1. The van der Waals surface area contributed by atoms with Crippen molar-refractivity contribution in [2.45, 2.75) is 25.9 Å². The lowest BCUT2D eigenvalue weighted by atomic mass is 9.92. The second-order valence-corrected chi connectivity index (χ2v) is 5.11. The smallest absolute Gasteiger partial charge is 0.167 e. The van der Waals surface area contributed by atoms with Crippen molar-refractivity contribution in [2.24, 2.45) is 5.92 Å². The Balaban J connectivity index is 2.15. The zero-order chi connectivity index (χ0) is 14.0. The lowest BCUT2D eigenvalue weighted by Gasteiger charge is -2.35. The highest BCUT2D eigenvalue weighted by atomic mass is 19.1. The van der Waals surface area contributed by atoms with Crippen LogP contribution in [0.3, 0.4) is 0 Å². The molecule has 106 valence electrons. The highest BCUT2D eigenvalue weighted by Gasteiger charge is 2.24. The second kappa shape index (κ2) is 5.65. The maximum absolute atomic E-state index is 13.5. The van der Waals surface area contributed by atoms with Crippen LogP contribution in [-0.4, -0.2) is 31.4 Å². The molecule has 0 aliphatic carbocycles. The Morgan fingerprint density at radius 2 is 2.05 bits per heavy atom. The van der Waals surface area contributed by atoms with Gasteiger partial charge in [-0.05, 0) is 25.7 Å². The molecule has 2 rings (SSSR count). The summed E-state index contributed by atoms with van der Waals surface area (Å²) in [6.07, 6.45) is 1.55. The van der Waals surface area contributed by atoms with Gasteiger partial charge >= 0.3 is 0 Å². The van der Waals surface area contributed by atoms with Crippen LogP contribution in [0.15, 0.2) is 12.1 Å². The molecular weight excluding hydrogens is 247 g/mol. The fourth-order valence-electron chi connectivity index (χ4n) is 2.61. The second-order valence-electron chi connectivity index (χ2n) is 5.11. The monoisotopic (exact) mass is 268 g/mol. The van der Waals surface area contributed by atoms with Crippen LogP contribution in [0.2, 0.25) is 0 Å². The van der Waals surface area contributed by atoms with Crippen LogP contribution in [0.5, 0.6) is 5.75 Å². The maximum atomic E-state index is 13.5. The van der Waals surface area contributed by atoms with Gasteiger partial charge in [-0.1, -0.05) is 0 Å². The van der Waals surface area contributed by atoms with Gasteiger partial charge in [0.25, 0.3) is 0 Å². The average Bonchev–Trinajstić information content (AvgIpc) is 2.39. The summed E-state index contributed by atoms with van der Waals surface area (Å²) in [5.41, 5.74) is 7.12. The van der Waals surface area contributed by atoms with Gasteiger partial charge in [-0.3, -0.25) is 0 Å². The summed E-state index contributed by atoms with van der Waals surface area (Å²) in [6.45, 7) is 3.46. The number of hydrogen-bond acceptors (Lipinski definition) is 4. The lowest BCUT2D eigenvalue weighted by molar-refractivity contribution is 0.110. The summed E-state index contributed by atoms with van der Waals surface area (Å²) in [5.74, 6) is 0.101. The highest BCUT2D eigenvalue weighted by molar-refractivity contribution is 5.70. The molecule has 3 N–H and O–H groups in total. The van der Waals surface area contributed by atoms with Crippen LogP contribution in [0, 0.1) is 11.7 Å².